The molecule has 0 amide bonds. The van der Waals surface area contributed by atoms with E-state index >= 15 is 0 Å². The fourth-order valence-electron chi connectivity index (χ4n) is 3.38. The minimum Gasteiger partial charge on any atom is -0.332 e. The van der Waals surface area contributed by atoms with Crippen molar-refractivity contribution < 1.29 is 8.42 Å². The van der Waals surface area contributed by atoms with Crippen LogP contribution in [0, 0.1) is 12.8 Å². The van der Waals surface area contributed by atoms with Crippen LogP contribution in [0.4, 0.5) is 0 Å². The molecule has 0 radical (unpaired) electrons. The van der Waals surface area contributed by atoms with Crippen LogP contribution in [0.25, 0.3) is 0 Å². The van der Waals surface area contributed by atoms with Gasteiger partial charge in [-0.2, -0.15) is 4.31 Å². The molecule has 0 aliphatic carbocycles. The number of rotatable bonds is 6. The first-order valence-corrected chi connectivity index (χ1v) is 10.0. The number of imidazole rings is 1. The molecule has 5 nitrogen and oxygen atoms in total. The van der Waals surface area contributed by atoms with Crippen LogP contribution in [-0.2, 0) is 23.0 Å². The molecule has 6 heteroatoms. The largest absolute Gasteiger partial charge is 0.332 e. The smallest absolute Gasteiger partial charge is 0.243 e. The van der Waals surface area contributed by atoms with Gasteiger partial charge in [-0.1, -0.05) is 25.1 Å². The van der Waals surface area contributed by atoms with Crippen LogP contribution >= 0.6 is 0 Å². The lowest BCUT2D eigenvalue weighted by molar-refractivity contribution is 0.449. The van der Waals surface area contributed by atoms with Crippen LogP contribution in [0.2, 0.25) is 0 Å². The summed E-state index contributed by atoms with van der Waals surface area (Å²) in [6.45, 7) is 6.38. The van der Waals surface area contributed by atoms with Crippen LogP contribution in [0.3, 0.4) is 0 Å². The molecular weight excluding hydrogens is 322 g/mol. The average molecular weight is 347 g/mol. The summed E-state index contributed by atoms with van der Waals surface area (Å²) in [5.74, 6) is 1.42. The molecule has 1 aliphatic heterocycles. The molecule has 1 saturated heterocycles. The third-order valence-corrected chi connectivity index (χ3v) is 6.57. The first kappa shape index (κ1) is 17.2. The number of aromatic nitrogens is 2. The number of aryl methyl sites for hydroxylation is 1. The van der Waals surface area contributed by atoms with Gasteiger partial charge in [0.2, 0.25) is 10.0 Å². The molecule has 1 aromatic heterocycles. The Morgan fingerprint density at radius 1 is 1.25 bits per heavy atom. The third-order valence-electron chi connectivity index (χ3n) is 4.69. The molecule has 0 saturated carbocycles. The van der Waals surface area contributed by atoms with E-state index in [1.807, 2.05) is 12.3 Å². The summed E-state index contributed by atoms with van der Waals surface area (Å²) >= 11 is 0. The van der Waals surface area contributed by atoms with Crippen LogP contribution in [0.5, 0.6) is 0 Å². The number of sulfonamides is 1. The Hall–Kier alpha value is -1.66. The van der Waals surface area contributed by atoms with Crippen LogP contribution in [-0.4, -0.2) is 35.4 Å². The van der Waals surface area contributed by atoms with Crippen molar-refractivity contribution in [3.05, 3.63) is 48.0 Å². The van der Waals surface area contributed by atoms with E-state index in [1.165, 1.54) is 5.69 Å². The summed E-state index contributed by atoms with van der Waals surface area (Å²) in [5, 5.41) is 0. The Morgan fingerprint density at radius 3 is 2.71 bits per heavy atom. The number of nitrogens with zero attached hydrogens (tertiary/aromatic N) is 3. The van der Waals surface area contributed by atoms with Gasteiger partial charge < -0.3 is 4.57 Å². The van der Waals surface area contributed by atoms with Gasteiger partial charge in [-0.25, -0.2) is 13.4 Å². The second-order valence-corrected chi connectivity index (χ2v) is 8.44. The van der Waals surface area contributed by atoms with E-state index in [0.29, 0.717) is 23.9 Å². The molecule has 1 fully saturated rings. The average Bonchev–Trinajstić information content (AvgIpc) is 3.19. The normalized spacial score (nSPS) is 19.0. The lowest BCUT2D eigenvalue weighted by Crippen LogP contribution is -2.29. The number of hydrogen-bond donors (Lipinski definition) is 0. The third kappa shape index (κ3) is 3.39. The van der Waals surface area contributed by atoms with E-state index in [4.69, 9.17) is 0 Å². The maximum absolute atomic E-state index is 12.7. The van der Waals surface area contributed by atoms with Gasteiger partial charge in [0.1, 0.15) is 5.82 Å². The van der Waals surface area contributed by atoms with Gasteiger partial charge in [-0.05, 0) is 37.8 Å². The zero-order valence-corrected chi connectivity index (χ0v) is 15.2. The lowest BCUT2D eigenvalue weighted by atomic mass is 10.0. The molecule has 3 rings (SSSR count). The minimum absolute atomic E-state index is 0.334. The second-order valence-electron chi connectivity index (χ2n) is 6.50. The Kier molecular flexibility index (Phi) is 5.06. The van der Waals surface area contributed by atoms with E-state index in [9.17, 15) is 8.42 Å². The summed E-state index contributed by atoms with van der Waals surface area (Å²) in [5.41, 5.74) is 1.18. The molecule has 0 bridgehead atoms. The maximum Gasteiger partial charge on any atom is 0.243 e. The van der Waals surface area contributed by atoms with Crippen molar-refractivity contribution in [2.24, 2.45) is 5.92 Å². The highest BCUT2D eigenvalue weighted by molar-refractivity contribution is 7.89. The molecule has 1 atom stereocenters. The van der Waals surface area contributed by atoms with Gasteiger partial charge in [0.05, 0.1) is 4.90 Å². The predicted molar refractivity (Wildman–Crippen MR) is 94.3 cm³/mol. The first-order valence-electron chi connectivity index (χ1n) is 8.58. The lowest BCUT2D eigenvalue weighted by Gasteiger charge is -2.17. The molecule has 1 aromatic carbocycles. The van der Waals surface area contributed by atoms with Gasteiger partial charge in [0.25, 0.3) is 0 Å². The summed E-state index contributed by atoms with van der Waals surface area (Å²) in [7, 11) is -3.37. The second kappa shape index (κ2) is 7.07. The number of benzene rings is 1. The van der Waals surface area contributed by atoms with Crippen molar-refractivity contribution in [2.45, 2.75) is 44.6 Å². The predicted octanol–water partition coefficient (Wildman–Crippen LogP) is 2.85. The monoisotopic (exact) mass is 347 g/mol. The molecule has 1 unspecified atom stereocenters. The van der Waals surface area contributed by atoms with Gasteiger partial charge in [0.15, 0.2) is 0 Å². The van der Waals surface area contributed by atoms with Crippen molar-refractivity contribution >= 4 is 10.0 Å². The van der Waals surface area contributed by atoms with E-state index in [-0.39, 0.29) is 0 Å². The SMILES string of the molecule is CCCn1c(C)cnc1CC1CCN(S(=O)(=O)c2ccccc2)C1. The molecule has 0 spiro atoms. The van der Waals surface area contributed by atoms with E-state index in [2.05, 4.69) is 23.4 Å². The van der Waals surface area contributed by atoms with Gasteiger partial charge in [0, 0.05) is 37.9 Å². The van der Waals surface area contributed by atoms with Crippen molar-refractivity contribution in [3.8, 4) is 0 Å². The topological polar surface area (TPSA) is 55.2 Å². The molecule has 2 aromatic rings. The standard InChI is InChI=1S/C18H25N3O2S/c1-3-10-21-15(2)13-19-18(21)12-16-9-11-20(14-16)24(22,23)17-7-5-4-6-8-17/h4-8,13,16H,3,9-12,14H2,1-2H3. The summed E-state index contributed by atoms with van der Waals surface area (Å²) in [6, 6.07) is 8.71. The van der Waals surface area contributed by atoms with Crippen molar-refractivity contribution in [3.63, 3.8) is 0 Å². The fourth-order valence-corrected chi connectivity index (χ4v) is 4.94. The van der Waals surface area contributed by atoms with E-state index < -0.39 is 10.0 Å². The van der Waals surface area contributed by atoms with Crippen molar-refractivity contribution in [1.29, 1.82) is 0 Å². The Balaban J connectivity index is 1.70. The highest BCUT2D eigenvalue weighted by Gasteiger charge is 2.33. The van der Waals surface area contributed by atoms with Gasteiger partial charge in [-0.15, -0.1) is 0 Å². The highest BCUT2D eigenvalue weighted by Crippen LogP contribution is 2.26. The van der Waals surface area contributed by atoms with Crippen LogP contribution in [0.15, 0.2) is 41.4 Å². The molecular formula is C18H25N3O2S. The summed E-state index contributed by atoms with van der Waals surface area (Å²) in [4.78, 5) is 4.92. The number of hydrogen-bond acceptors (Lipinski definition) is 3. The molecule has 130 valence electrons. The quantitative estimate of drug-likeness (QED) is 0.807. The highest BCUT2D eigenvalue weighted by atomic mass is 32.2. The zero-order chi connectivity index (χ0) is 17.2. The minimum atomic E-state index is -3.37. The molecule has 0 N–H and O–H groups in total. The van der Waals surface area contributed by atoms with Crippen molar-refractivity contribution in [2.75, 3.05) is 13.1 Å². The first-order chi connectivity index (χ1) is 11.5. The maximum atomic E-state index is 12.7. The Labute approximate surface area is 144 Å². The van der Waals surface area contributed by atoms with Crippen LogP contribution in [0.1, 0.15) is 31.3 Å². The van der Waals surface area contributed by atoms with Crippen molar-refractivity contribution in [1.82, 2.24) is 13.9 Å². The zero-order valence-electron chi connectivity index (χ0n) is 14.4. The Bertz CT molecular complexity index is 784. The molecule has 2 heterocycles. The van der Waals surface area contributed by atoms with Gasteiger partial charge in [-0.3, -0.25) is 0 Å². The van der Waals surface area contributed by atoms with Crippen LogP contribution < -0.4 is 0 Å². The summed E-state index contributed by atoms with van der Waals surface area (Å²) in [6.07, 6.45) is 4.72. The fraction of sp³-hybridized carbons (Fsp3) is 0.500. The molecule has 1 aliphatic rings. The van der Waals surface area contributed by atoms with Gasteiger partial charge >= 0.3 is 0 Å². The summed E-state index contributed by atoms with van der Waals surface area (Å²) < 4.78 is 29.3. The molecule has 24 heavy (non-hydrogen) atoms. The van der Waals surface area contributed by atoms with E-state index in [0.717, 1.165) is 31.6 Å². The van der Waals surface area contributed by atoms with E-state index in [1.54, 1.807) is 28.6 Å². The Morgan fingerprint density at radius 2 is 2.00 bits per heavy atom.